The van der Waals surface area contributed by atoms with Gasteiger partial charge in [0.05, 0.1) is 12.6 Å². The van der Waals surface area contributed by atoms with Crippen LogP contribution in [0.1, 0.15) is 18.0 Å². The van der Waals surface area contributed by atoms with Crippen molar-refractivity contribution < 1.29 is 31.8 Å². The molecule has 0 saturated carbocycles. The largest absolute Gasteiger partial charge is 0.461 e. The second kappa shape index (κ2) is 6.84. The van der Waals surface area contributed by atoms with E-state index in [0.717, 1.165) is 12.1 Å². The molecule has 0 unspecified atom stereocenters. The van der Waals surface area contributed by atoms with Gasteiger partial charge in [-0.1, -0.05) is 12.1 Å². The quantitative estimate of drug-likeness (QED) is 0.860. The summed E-state index contributed by atoms with van der Waals surface area (Å²) in [4.78, 5) is 11.0. The predicted octanol–water partition coefficient (Wildman–Crippen LogP) is 3.52. The first kappa shape index (κ1) is 17.4. The minimum absolute atomic E-state index is 0. The minimum atomic E-state index is -4.53. The molecule has 1 aliphatic heterocycles. The number of carbonyl (C=O) groups is 1. The smallest absolute Gasteiger partial charge is 0.449 e. The molecule has 1 N–H and O–H groups in total. The van der Waals surface area contributed by atoms with Crippen LogP contribution in [0.4, 0.5) is 22.4 Å². The van der Waals surface area contributed by atoms with Crippen molar-refractivity contribution in [3.63, 3.8) is 0 Å². The second-order valence-electron chi connectivity index (χ2n) is 4.16. The Morgan fingerprint density at radius 2 is 1.90 bits per heavy atom. The Balaban J connectivity index is 0.00000220. The van der Waals surface area contributed by atoms with E-state index in [1.54, 1.807) is 0 Å². The number of cyclic esters (lactones) is 1. The zero-order valence-electron chi connectivity index (χ0n) is 10.5. The van der Waals surface area contributed by atoms with Gasteiger partial charge in [0.1, 0.15) is 5.75 Å². The lowest BCUT2D eigenvalue weighted by atomic mass is 10.0. The molecule has 0 bridgehead atoms. The highest BCUT2D eigenvalue weighted by Gasteiger charge is 2.43. The Morgan fingerprint density at radius 3 is 2.43 bits per heavy atom. The number of nitrogens with one attached hydrogen (secondary N) is 1. The number of rotatable bonds is 4. The van der Waals surface area contributed by atoms with Crippen molar-refractivity contribution in [3.05, 3.63) is 29.8 Å². The first-order chi connectivity index (χ1) is 9.38. The van der Waals surface area contributed by atoms with Crippen LogP contribution in [0, 0.1) is 0 Å². The van der Waals surface area contributed by atoms with Gasteiger partial charge in [-0.3, -0.25) is 0 Å². The summed E-state index contributed by atoms with van der Waals surface area (Å²) in [5.74, 6) is -0.377. The summed E-state index contributed by atoms with van der Waals surface area (Å²) >= 11 is 0. The summed E-state index contributed by atoms with van der Waals surface area (Å²) in [6, 6.07) is 4.83. The van der Waals surface area contributed by atoms with Crippen LogP contribution in [0.15, 0.2) is 24.3 Å². The van der Waals surface area contributed by atoms with Crippen LogP contribution < -0.4 is 10.1 Å². The van der Waals surface area contributed by atoms with Gasteiger partial charge in [0.2, 0.25) is 0 Å². The fourth-order valence-corrected chi connectivity index (χ4v) is 1.75. The van der Waals surface area contributed by atoms with Crippen molar-refractivity contribution in [2.24, 2.45) is 0 Å². The molecule has 2 rings (SSSR count). The molecule has 1 aromatic carbocycles. The molecule has 9 heteroatoms. The number of alkyl carbamates (subject to hydrolysis) is 1. The predicted molar refractivity (Wildman–Crippen MR) is 67.1 cm³/mol. The monoisotopic (exact) mass is 329 g/mol. The van der Waals surface area contributed by atoms with Gasteiger partial charge < -0.3 is 14.8 Å². The number of hydrogen-bond donors (Lipinski definition) is 1. The van der Waals surface area contributed by atoms with E-state index >= 15 is 0 Å². The van der Waals surface area contributed by atoms with Crippen molar-refractivity contribution in [3.8, 4) is 5.75 Å². The maximum absolute atomic E-state index is 12.7. The number of hydrogen-bond acceptors (Lipinski definition) is 3. The first-order valence-electron chi connectivity index (χ1n) is 5.77. The van der Waals surface area contributed by atoms with E-state index < -0.39 is 18.6 Å². The van der Waals surface area contributed by atoms with Gasteiger partial charge in [0.25, 0.3) is 0 Å². The van der Waals surface area contributed by atoms with Gasteiger partial charge in [0.15, 0.2) is 0 Å². The van der Waals surface area contributed by atoms with E-state index in [0.29, 0.717) is 12.0 Å². The van der Waals surface area contributed by atoms with E-state index in [1.807, 2.05) is 0 Å². The molecule has 0 spiro atoms. The summed E-state index contributed by atoms with van der Waals surface area (Å²) < 4.78 is 58.0. The maximum Gasteiger partial charge on any atom is 0.461 e. The molecular weight excluding hydrogens is 318 g/mol. The normalized spacial score (nSPS) is 18.5. The van der Waals surface area contributed by atoms with Crippen molar-refractivity contribution in [2.75, 3.05) is 6.61 Å². The number of benzene rings is 1. The van der Waals surface area contributed by atoms with Crippen LogP contribution in [0.3, 0.4) is 0 Å². The molecule has 1 amide bonds. The van der Waals surface area contributed by atoms with Gasteiger partial charge in [0, 0.05) is 6.42 Å². The van der Waals surface area contributed by atoms with Gasteiger partial charge in [-0.15, -0.1) is 12.4 Å². The Bertz CT molecular complexity index is 484. The molecule has 1 aromatic rings. The van der Waals surface area contributed by atoms with Crippen molar-refractivity contribution in [1.82, 2.24) is 5.32 Å². The van der Waals surface area contributed by atoms with Crippen LogP contribution in [0.2, 0.25) is 0 Å². The molecule has 4 nitrogen and oxygen atoms in total. The Morgan fingerprint density at radius 1 is 1.29 bits per heavy atom. The third-order valence-corrected chi connectivity index (χ3v) is 2.72. The fourth-order valence-electron chi connectivity index (χ4n) is 1.75. The van der Waals surface area contributed by atoms with E-state index in [4.69, 9.17) is 0 Å². The molecule has 0 aromatic heterocycles. The number of carbonyl (C=O) groups excluding carboxylic acids is 1. The third-order valence-electron chi connectivity index (χ3n) is 2.72. The third kappa shape index (κ3) is 4.38. The van der Waals surface area contributed by atoms with Crippen molar-refractivity contribution in [2.45, 2.75) is 25.0 Å². The SMILES string of the molecule is Cl.O=C1N[C@H](c2ccc(OC(F)(F)C(F)F)cc2)CCO1. The Labute approximate surface area is 123 Å². The average Bonchev–Trinajstić information content (AvgIpc) is 2.39. The number of ether oxygens (including phenoxy) is 2. The number of amides is 1. The zero-order valence-corrected chi connectivity index (χ0v) is 11.3. The fraction of sp³-hybridized carbons (Fsp3) is 0.417. The molecule has 0 aliphatic carbocycles. The molecular formula is C12H12ClF4NO3. The molecule has 1 heterocycles. The number of halogens is 5. The highest BCUT2D eigenvalue weighted by Crippen LogP contribution is 2.29. The maximum atomic E-state index is 12.7. The Hall–Kier alpha value is -1.70. The molecule has 1 saturated heterocycles. The lowest BCUT2D eigenvalue weighted by molar-refractivity contribution is -0.253. The standard InChI is InChI=1S/C12H11F4NO3.ClH/c13-10(14)12(15,16)20-8-3-1-7(2-4-8)9-5-6-19-11(18)17-9;/h1-4,9-10H,5-6H2,(H,17,18);1H/t9-;/m0./s1. The highest BCUT2D eigenvalue weighted by atomic mass is 35.5. The summed E-state index contributed by atoms with van der Waals surface area (Å²) in [6.07, 6.45) is -8.48. The van der Waals surface area contributed by atoms with Crippen molar-refractivity contribution in [1.29, 1.82) is 0 Å². The minimum Gasteiger partial charge on any atom is -0.449 e. The first-order valence-corrected chi connectivity index (χ1v) is 5.77. The topological polar surface area (TPSA) is 47.6 Å². The van der Waals surface area contributed by atoms with Crippen LogP contribution >= 0.6 is 12.4 Å². The summed E-state index contributed by atoms with van der Waals surface area (Å²) in [5, 5.41) is 2.55. The average molecular weight is 330 g/mol. The molecule has 1 aliphatic rings. The lowest BCUT2D eigenvalue weighted by Crippen LogP contribution is -2.35. The molecule has 0 radical (unpaired) electrons. The zero-order chi connectivity index (χ0) is 14.8. The molecule has 1 fully saturated rings. The summed E-state index contributed by atoms with van der Waals surface area (Å²) in [7, 11) is 0. The van der Waals surface area contributed by atoms with Gasteiger partial charge >= 0.3 is 18.6 Å². The number of alkyl halides is 4. The summed E-state index contributed by atoms with van der Waals surface area (Å²) in [5.41, 5.74) is 0.648. The Kier molecular flexibility index (Phi) is 5.65. The van der Waals surface area contributed by atoms with E-state index in [1.165, 1.54) is 12.1 Å². The van der Waals surface area contributed by atoms with E-state index in [-0.39, 0.29) is 30.8 Å². The van der Waals surface area contributed by atoms with Gasteiger partial charge in [-0.25, -0.2) is 4.79 Å². The van der Waals surface area contributed by atoms with Crippen LogP contribution in [-0.2, 0) is 4.74 Å². The molecule has 118 valence electrons. The van der Waals surface area contributed by atoms with Crippen LogP contribution in [0.25, 0.3) is 0 Å². The van der Waals surface area contributed by atoms with Gasteiger partial charge in [-0.2, -0.15) is 17.6 Å². The molecule has 1 atom stereocenters. The van der Waals surface area contributed by atoms with Crippen LogP contribution in [0.5, 0.6) is 5.75 Å². The van der Waals surface area contributed by atoms with Gasteiger partial charge in [-0.05, 0) is 17.7 Å². The lowest BCUT2D eigenvalue weighted by Gasteiger charge is -2.24. The summed E-state index contributed by atoms with van der Waals surface area (Å²) in [6.45, 7) is 0.248. The van der Waals surface area contributed by atoms with E-state index in [9.17, 15) is 22.4 Å². The van der Waals surface area contributed by atoms with Crippen LogP contribution in [-0.4, -0.2) is 25.2 Å². The van der Waals surface area contributed by atoms with Crippen molar-refractivity contribution >= 4 is 18.5 Å². The highest BCUT2D eigenvalue weighted by molar-refractivity contribution is 5.85. The molecule has 21 heavy (non-hydrogen) atoms. The second-order valence-corrected chi connectivity index (χ2v) is 4.16. The van der Waals surface area contributed by atoms with E-state index in [2.05, 4.69) is 14.8 Å².